The highest BCUT2D eigenvalue weighted by atomic mass is 32.2. The second kappa shape index (κ2) is 9.08. The predicted molar refractivity (Wildman–Crippen MR) is 75.0 cm³/mol. The number of rotatable bonds is 8. The molecule has 6 heteroatoms. The molecule has 106 valence electrons. The maximum Gasteiger partial charge on any atom is 0.326 e. The van der Waals surface area contributed by atoms with Gasteiger partial charge in [0.15, 0.2) is 0 Å². The zero-order valence-corrected chi connectivity index (χ0v) is 12.3. The first-order chi connectivity index (χ1) is 8.42. The fourth-order valence-corrected chi connectivity index (χ4v) is 2.05. The molecular weight excluding hydrogens is 252 g/mol. The number of carbonyl (C=O) groups excluding carboxylic acids is 1. The lowest BCUT2D eigenvalue weighted by molar-refractivity contribution is -0.140. The third kappa shape index (κ3) is 6.74. The van der Waals surface area contributed by atoms with Gasteiger partial charge in [0.1, 0.15) is 6.04 Å². The van der Waals surface area contributed by atoms with Crippen LogP contribution < -0.4 is 10.6 Å². The highest BCUT2D eigenvalue weighted by molar-refractivity contribution is 7.98. The fourth-order valence-electron chi connectivity index (χ4n) is 1.46. The minimum atomic E-state index is -0.990. The summed E-state index contributed by atoms with van der Waals surface area (Å²) < 4.78 is 0. The van der Waals surface area contributed by atoms with Crippen molar-refractivity contribution >= 4 is 23.8 Å². The summed E-state index contributed by atoms with van der Waals surface area (Å²) in [6.07, 6.45) is 3.59. The number of hydrogen-bond donors (Lipinski definition) is 3. The molecule has 0 aliphatic carbocycles. The summed E-state index contributed by atoms with van der Waals surface area (Å²) in [4.78, 5) is 22.7. The van der Waals surface area contributed by atoms with Crippen LogP contribution in [-0.2, 0) is 4.79 Å². The van der Waals surface area contributed by atoms with Crippen molar-refractivity contribution in [2.24, 2.45) is 5.92 Å². The molecule has 0 fully saturated rings. The molecular formula is C12H24N2O3S. The summed E-state index contributed by atoms with van der Waals surface area (Å²) in [6.45, 7) is 5.63. The summed E-state index contributed by atoms with van der Waals surface area (Å²) in [5.74, 6) is -0.110. The third-order valence-electron chi connectivity index (χ3n) is 2.90. The molecule has 0 aromatic heterocycles. The van der Waals surface area contributed by atoms with Crippen LogP contribution in [-0.4, -0.2) is 41.2 Å². The zero-order chi connectivity index (χ0) is 14.1. The van der Waals surface area contributed by atoms with Gasteiger partial charge in [-0.15, -0.1) is 0 Å². The number of carboxylic acids is 1. The van der Waals surface area contributed by atoms with Crippen molar-refractivity contribution in [1.82, 2.24) is 10.6 Å². The normalized spacial score (nSPS) is 15.6. The molecule has 5 nitrogen and oxygen atoms in total. The Morgan fingerprint density at radius 3 is 2.33 bits per heavy atom. The summed E-state index contributed by atoms with van der Waals surface area (Å²) in [5, 5.41) is 14.3. The first kappa shape index (κ1) is 17.1. The van der Waals surface area contributed by atoms with E-state index < -0.39 is 18.0 Å². The van der Waals surface area contributed by atoms with E-state index >= 15 is 0 Å². The van der Waals surface area contributed by atoms with Gasteiger partial charge in [-0.2, -0.15) is 11.8 Å². The second-order valence-corrected chi connectivity index (χ2v) is 5.49. The van der Waals surface area contributed by atoms with Crippen molar-refractivity contribution < 1.29 is 14.7 Å². The number of hydrogen-bond acceptors (Lipinski definition) is 3. The standard InChI is InChI=1S/C12H24N2O3S/c1-5-8(2)10(11(15)16)14-12(17)13-9(3)6-7-18-4/h8-10H,5-7H2,1-4H3,(H,15,16)(H2,13,14,17)/t8?,9?,10-/m0/s1. The molecule has 0 radical (unpaired) electrons. The molecule has 0 heterocycles. The Morgan fingerprint density at radius 1 is 1.28 bits per heavy atom. The number of carboxylic acid groups (broad SMARTS) is 1. The van der Waals surface area contributed by atoms with Crippen molar-refractivity contribution in [3.8, 4) is 0 Å². The van der Waals surface area contributed by atoms with Gasteiger partial charge >= 0.3 is 12.0 Å². The van der Waals surface area contributed by atoms with E-state index in [9.17, 15) is 9.59 Å². The molecule has 3 atom stereocenters. The Balaban J connectivity index is 4.21. The van der Waals surface area contributed by atoms with Crippen molar-refractivity contribution in [3.63, 3.8) is 0 Å². The molecule has 0 rings (SSSR count). The number of thioether (sulfide) groups is 1. The van der Waals surface area contributed by atoms with Crippen LogP contribution in [0.15, 0.2) is 0 Å². The third-order valence-corrected chi connectivity index (χ3v) is 3.54. The molecule has 0 spiro atoms. The van der Waals surface area contributed by atoms with Gasteiger partial charge in [-0.3, -0.25) is 0 Å². The molecule has 18 heavy (non-hydrogen) atoms. The first-order valence-corrected chi connectivity index (χ1v) is 7.60. The highest BCUT2D eigenvalue weighted by Crippen LogP contribution is 2.08. The summed E-state index contributed by atoms with van der Waals surface area (Å²) in [5.41, 5.74) is 0. The lowest BCUT2D eigenvalue weighted by Crippen LogP contribution is -2.51. The van der Waals surface area contributed by atoms with Crippen molar-refractivity contribution in [1.29, 1.82) is 0 Å². The van der Waals surface area contributed by atoms with Crippen LogP contribution in [0.4, 0.5) is 4.79 Å². The summed E-state index contributed by atoms with van der Waals surface area (Å²) in [6, 6.07) is -1.19. The summed E-state index contributed by atoms with van der Waals surface area (Å²) in [7, 11) is 0. The van der Waals surface area contributed by atoms with Crippen LogP contribution in [0.5, 0.6) is 0 Å². The number of amides is 2. The topological polar surface area (TPSA) is 78.4 Å². The monoisotopic (exact) mass is 276 g/mol. The molecule has 2 unspecified atom stereocenters. The van der Waals surface area contributed by atoms with E-state index in [1.165, 1.54) is 0 Å². The Bertz CT molecular complexity index is 274. The van der Waals surface area contributed by atoms with Gasteiger partial charge in [0, 0.05) is 6.04 Å². The van der Waals surface area contributed by atoms with Crippen molar-refractivity contribution in [2.75, 3.05) is 12.0 Å². The van der Waals surface area contributed by atoms with Crippen LogP contribution in [0.3, 0.4) is 0 Å². The van der Waals surface area contributed by atoms with Gasteiger partial charge in [0.25, 0.3) is 0 Å². The van der Waals surface area contributed by atoms with E-state index in [2.05, 4.69) is 10.6 Å². The number of carbonyl (C=O) groups is 2. The maximum atomic E-state index is 11.7. The molecule has 0 aliphatic rings. The highest BCUT2D eigenvalue weighted by Gasteiger charge is 2.25. The molecule has 0 saturated carbocycles. The molecule has 0 saturated heterocycles. The van der Waals surface area contributed by atoms with Crippen LogP contribution in [0.25, 0.3) is 0 Å². The molecule has 0 aromatic rings. The van der Waals surface area contributed by atoms with E-state index in [1.807, 2.05) is 27.0 Å². The largest absolute Gasteiger partial charge is 0.480 e. The predicted octanol–water partition coefficient (Wildman–Crippen LogP) is 1.93. The van der Waals surface area contributed by atoms with Crippen molar-refractivity contribution in [2.45, 2.75) is 45.7 Å². The van der Waals surface area contributed by atoms with Gasteiger partial charge in [-0.05, 0) is 31.3 Å². The average molecular weight is 276 g/mol. The van der Waals surface area contributed by atoms with Gasteiger partial charge in [0.2, 0.25) is 0 Å². The number of aliphatic carboxylic acids is 1. The molecule has 3 N–H and O–H groups in total. The SMILES string of the molecule is CCC(C)[C@H](NC(=O)NC(C)CCSC)C(=O)O. The lowest BCUT2D eigenvalue weighted by atomic mass is 9.99. The Labute approximate surface area is 113 Å². The van der Waals surface area contributed by atoms with Crippen LogP contribution in [0, 0.1) is 5.92 Å². The van der Waals surface area contributed by atoms with E-state index in [0.717, 1.165) is 12.2 Å². The van der Waals surface area contributed by atoms with E-state index in [0.29, 0.717) is 6.42 Å². The van der Waals surface area contributed by atoms with Crippen LogP contribution in [0.1, 0.15) is 33.6 Å². The van der Waals surface area contributed by atoms with Gasteiger partial charge in [-0.1, -0.05) is 20.3 Å². The fraction of sp³-hybridized carbons (Fsp3) is 0.833. The van der Waals surface area contributed by atoms with Gasteiger partial charge < -0.3 is 15.7 Å². The van der Waals surface area contributed by atoms with E-state index in [4.69, 9.17) is 5.11 Å². The lowest BCUT2D eigenvalue weighted by Gasteiger charge is -2.22. The second-order valence-electron chi connectivity index (χ2n) is 4.50. The van der Waals surface area contributed by atoms with Gasteiger partial charge in [0.05, 0.1) is 0 Å². The number of nitrogens with one attached hydrogen (secondary N) is 2. The Hall–Kier alpha value is -0.910. The minimum Gasteiger partial charge on any atom is -0.480 e. The quantitative estimate of drug-likeness (QED) is 0.633. The van der Waals surface area contributed by atoms with E-state index in [-0.39, 0.29) is 12.0 Å². The molecule has 0 bridgehead atoms. The Morgan fingerprint density at radius 2 is 1.89 bits per heavy atom. The summed E-state index contributed by atoms with van der Waals surface area (Å²) >= 11 is 1.72. The van der Waals surface area contributed by atoms with Gasteiger partial charge in [-0.25, -0.2) is 9.59 Å². The first-order valence-electron chi connectivity index (χ1n) is 6.21. The van der Waals surface area contributed by atoms with Crippen LogP contribution in [0.2, 0.25) is 0 Å². The maximum absolute atomic E-state index is 11.7. The molecule has 2 amide bonds. The Kier molecular flexibility index (Phi) is 8.62. The molecule has 0 aromatic carbocycles. The number of urea groups is 1. The zero-order valence-electron chi connectivity index (χ0n) is 11.5. The van der Waals surface area contributed by atoms with Crippen molar-refractivity contribution in [3.05, 3.63) is 0 Å². The van der Waals surface area contributed by atoms with E-state index in [1.54, 1.807) is 11.8 Å². The minimum absolute atomic E-state index is 0.0452. The van der Waals surface area contributed by atoms with Crippen LogP contribution >= 0.6 is 11.8 Å². The average Bonchev–Trinajstić information content (AvgIpc) is 2.32. The smallest absolute Gasteiger partial charge is 0.326 e. The molecule has 0 aliphatic heterocycles.